The van der Waals surface area contributed by atoms with E-state index in [2.05, 4.69) is 154 Å². The molecule has 0 aliphatic heterocycles. The van der Waals surface area contributed by atoms with Gasteiger partial charge in [0.25, 0.3) is 0 Å². The summed E-state index contributed by atoms with van der Waals surface area (Å²) in [6, 6.07) is 54.4. The molecule has 0 saturated heterocycles. The molecule has 0 unspecified atom stereocenters. The standard InChI is InChI=1S/C52H38N6/c1-35(55-52(38-21-16-28-54-34-38)56-51(53)41-30-39(36-17-6-2-7-18-36)29-40(31-41)37-19-8-3-9-20-37)57-47-27-15-14-25-43(47)45-33-50-46(32-49(45)57)44-24-12-5-13-26-48(44)58(50)42-22-10-4-11-23-42/h2-4,6-34H,1,5H2,(H2,53,55,56). The fraction of sp³-hybridized carbons (Fsp3) is 0.0192. The summed E-state index contributed by atoms with van der Waals surface area (Å²) < 4.78 is 4.50. The van der Waals surface area contributed by atoms with Gasteiger partial charge in [-0.25, -0.2) is 9.98 Å². The van der Waals surface area contributed by atoms with Crippen LogP contribution in [0.3, 0.4) is 0 Å². The Morgan fingerprint density at radius 1 is 0.569 bits per heavy atom. The van der Waals surface area contributed by atoms with Crippen molar-refractivity contribution in [1.82, 2.24) is 14.1 Å². The lowest BCUT2D eigenvalue weighted by Crippen LogP contribution is -2.17. The zero-order valence-corrected chi connectivity index (χ0v) is 31.7. The summed E-state index contributed by atoms with van der Waals surface area (Å²) in [6.45, 7) is 4.60. The minimum atomic E-state index is 0.332. The molecule has 6 aromatic carbocycles. The minimum Gasteiger partial charge on any atom is -0.383 e. The van der Waals surface area contributed by atoms with Gasteiger partial charge in [-0.1, -0.05) is 122 Å². The molecule has 0 atom stereocenters. The Morgan fingerprint density at radius 2 is 1.22 bits per heavy atom. The molecule has 9 aromatic rings. The molecule has 3 aromatic heterocycles. The van der Waals surface area contributed by atoms with Crippen LogP contribution in [0.25, 0.3) is 78.6 Å². The first kappa shape index (κ1) is 34.6. The molecule has 276 valence electrons. The van der Waals surface area contributed by atoms with Crippen LogP contribution in [0.4, 0.5) is 0 Å². The van der Waals surface area contributed by atoms with E-state index in [0.29, 0.717) is 17.5 Å². The number of aliphatic imine (C=N–C) groups is 2. The average molecular weight is 747 g/mol. The number of pyridine rings is 1. The topological polar surface area (TPSA) is 73.5 Å². The average Bonchev–Trinajstić information content (AvgIpc) is 3.64. The predicted octanol–water partition coefficient (Wildman–Crippen LogP) is 12.2. The molecule has 3 heterocycles. The van der Waals surface area contributed by atoms with Crippen LogP contribution in [0.5, 0.6) is 0 Å². The maximum atomic E-state index is 6.99. The maximum absolute atomic E-state index is 6.99. The smallest absolute Gasteiger partial charge is 0.165 e. The molecule has 1 aliphatic carbocycles. The Bertz CT molecular complexity index is 3070. The first-order chi connectivity index (χ1) is 28.6. The molecule has 6 nitrogen and oxygen atoms in total. The summed E-state index contributed by atoms with van der Waals surface area (Å²) in [4.78, 5) is 14.7. The Balaban J connectivity index is 1.16. The van der Waals surface area contributed by atoms with E-state index in [4.69, 9.17) is 15.7 Å². The van der Waals surface area contributed by atoms with Gasteiger partial charge in [0, 0.05) is 50.9 Å². The van der Waals surface area contributed by atoms with Crippen LogP contribution in [0, 0.1) is 0 Å². The summed E-state index contributed by atoms with van der Waals surface area (Å²) in [7, 11) is 0. The van der Waals surface area contributed by atoms with Crippen LogP contribution < -0.4 is 5.73 Å². The lowest BCUT2D eigenvalue weighted by atomic mass is 9.96. The lowest BCUT2D eigenvalue weighted by molar-refractivity contribution is 1.11. The number of hydrogen-bond acceptors (Lipinski definition) is 2. The van der Waals surface area contributed by atoms with Gasteiger partial charge in [-0.3, -0.25) is 9.55 Å². The normalized spacial score (nSPS) is 13.0. The summed E-state index contributed by atoms with van der Waals surface area (Å²) in [5, 5.41) is 3.36. The van der Waals surface area contributed by atoms with Crippen molar-refractivity contribution >= 4 is 62.4 Å². The third-order valence-electron chi connectivity index (χ3n) is 10.8. The molecule has 1 aliphatic rings. The van der Waals surface area contributed by atoms with Crippen molar-refractivity contribution in [2.75, 3.05) is 0 Å². The number of allylic oxidation sites excluding steroid dienone is 2. The van der Waals surface area contributed by atoms with Crippen LogP contribution in [0.1, 0.15) is 28.8 Å². The van der Waals surface area contributed by atoms with Crippen molar-refractivity contribution in [2.24, 2.45) is 15.7 Å². The van der Waals surface area contributed by atoms with E-state index < -0.39 is 0 Å². The van der Waals surface area contributed by atoms with Gasteiger partial charge < -0.3 is 10.3 Å². The van der Waals surface area contributed by atoms with Crippen LogP contribution in [0.2, 0.25) is 0 Å². The molecule has 0 fully saturated rings. The number of hydrogen-bond donors (Lipinski definition) is 1. The molecule has 0 radical (unpaired) electrons. The molecular weight excluding hydrogens is 709 g/mol. The molecular formula is C52H38N6. The van der Waals surface area contributed by atoms with E-state index in [0.717, 1.165) is 83.9 Å². The number of nitrogens with zero attached hydrogens (tertiary/aromatic N) is 5. The molecule has 0 amide bonds. The zero-order valence-electron chi connectivity index (χ0n) is 31.7. The highest BCUT2D eigenvalue weighted by Crippen LogP contribution is 2.40. The van der Waals surface area contributed by atoms with E-state index in [-0.39, 0.29) is 0 Å². The van der Waals surface area contributed by atoms with Crippen LogP contribution in [-0.4, -0.2) is 25.8 Å². The number of aromatic nitrogens is 3. The van der Waals surface area contributed by atoms with Gasteiger partial charge in [0.1, 0.15) is 11.7 Å². The van der Waals surface area contributed by atoms with Gasteiger partial charge in [-0.2, -0.15) is 0 Å². The Morgan fingerprint density at radius 3 is 1.93 bits per heavy atom. The van der Waals surface area contributed by atoms with Gasteiger partial charge in [0.15, 0.2) is 5.84 Å². The Labute approximate surface area is 336 Å². The van der Waals surface area contributed by atoms with E-state index >= 15 is 0 Å². The highest BCUT2D eigenvalue weighted by atomic mass is 15.1. The predicted molar refractivity (Wildman–Crippen MR) is 243 cm³/mol. The van der Waals surface area contributed by atoms with E-state index in [9.17, 15) is 0 Å². The van der Waals surface area contributed by atoms with E-state index in [1.165, 1.54) is 5.56 Å². The van der Waals surface area contributed by atoms with Crippen molar-refractivity contribution in [2.45, 2.75) is 6.42 Å². The largest absolute Gasteiger partial charge is 0.383 e. The second-order valence-electron chi connectivity index (χ2n) is 14.4. The molecule has 2 N–H and O–H groups in total. The van der Waals surface area contributed by atoms with Gasteiger partial charge in [0.05, 0.1) is 22.2 Å². The fourth-order valence-electron chi connectivity index (χ4n) is 8.08. The molecule has 0 spiro atoms. The van der Waals surface area contributed by atoms with Crippen LogP contribution in [-0.2, 0) is 0 Å². The highest BCUT2D eigenvalue weighted by Gasteiger charge is 2.21. The van der Waals surface area contributed by atoms with Gasteiger partial charge in [0.2, 0.25) is 0 Å². The molecule has 6 heteroatoms. The van der Waals surface area contributed by atoms with Crippen molar-refractivity contribution in [3.8, 4) is 27.9 Å². The third-order valence-corrected chi connectivity index (χ3v) is 10.8. The second kappa shape index (κ2) is 14.7. The van der Waals surface area contributed by atoms with Crippen molar-refractivity contribution in [3.63, 3.8) is 0 Å². The summed E-state index contributed by atoms with van der Waals surface area (Å²) in [6.07, 6.45) is 13.3. The van der Waals surface area contributed by atoms with Gasteiger partial charge in [-0.15, -0.1) is 0 Å². The van der Waals surface area contributed by atoms with Crippen molar-refractivity contribution in [1.29, 1.82) is 0 Å². The van der Waals surface area contributed by atoms with E-state index in [1.807, 2.05) is 48.5 Å². The van der Waals surface area contributed by atoms with Gasteiger partial charge in [-0.05, 0) is 95.4 Å². The monoisotopic (exact) mass is 746 g/mol. The van der Waals surface area contributed by atoms with Crippen molar-refractivity contribution < 1.29 is 0 Å². The lowest BCUT2D eigenvalue weighted by Gasteiger charge is -2.12. The quantitative estimate of drug-likeness (QED) is 0.130. The number of rotatable bonds is 7. The summed E-state index contributed by atoms with van der Waals surface area (Å²) in [5.41, 5.74) is 19.4. The van der Waals surface area contributed by atoms with Crippen LogP contribution in [0.15, 0.2) is 199 Å². The molecule has 0 saturated carbocycles. The fourth-order valence-corrected chi connectivity index (χ4v) is 8.08. The summed E-state index contributed by atoms with van der Waals surface area (Å²) >= 11 is 0. The summed E-state index contributed by atoms with van der Waals surface area (Å²) in [5.74, 6) is 1.25. The first-order valence-electron chi connectivity index (χ1n) is 19.4. The zero-order chi connectivity index (χ0) is 39.0. The number of nitrogens with two attached hydrogens (primary N) is 1. The highest BCUT2D eigenvalue weighted by molar-refractivity contribution is 6.17. The Kier molecular flexibility index (Phi) is 8.77. The number of para-hydroxylation sites is 2. The molecule has 0 bridgehead atoms. The first-order valence-corrected chi connectivity index (χ1v) is 19.4. The van der Waals surface area contributed by atoms with Crippen molar-refractivity contribution in [3.05, 3.63) is 211 Å². The molecule has 10 rings (SSSR count). The van der Waals surface area contributed by atoms with E-state index in [1.54, 1.807) is 12.4 Å². The SMILES string of the molecule is C=C(/N=C(\N=C(/N)c1cc(-c2ccccc2)cc(-c2ccccc2)c1)c1cccnc1)n1c2ccccc2c2cc3c(cc21)c1c(n3-c2ccccc2)C=CCC=C1. The number of fused-ring (bicyclic) bond motifs is 6. The second-order valence-corrected chi connectivity index (χ2v) is 14.4. The van der Waals surface area contributed by atoms with Gasteiger partial charge >= 0.3 is 0 Å². The van der Waals surface area contributed by atoms with Crippen LogP contribution >= 0.6 is 0 Å². The number of benzene rings is 6. The molecule has 58 heavy (non-hydrogen) atoms. The Hall–Kier alpha value is -7.83. The maximum Gasteiger partial charge on any atom is 0.165 e. The third kappa shape index (κ3) is 6.23. The minimum absolute atomic E-state index is 0.332. The number of amidine groups is 2.